The van der Waals surface area contributed by atoms with Crippen molar-refractivity contribution in [2.45, 2.75) is 19.8 Å². The first kappa shape index (κ1) is 15.5. The van der Waals surface area contributed by atoms with Gasteiger partial charge < -0.3 is 5.73 Å². The van der Waals surface area contributed by atoms with Crippen LogP contribution in [-0.4, -0.2) is 16.8 Å². The summed E-state index contributed by atoms with van der Waals surface area (Å²) in [6.45, 7) is 4.15. The van der Waals surface area contributed by atoms with Crippen LogP contribution >= 0.6 is 0 Å². The first-order valence-electron chi connectivity index (χ1n) is 6.90. The number of nitrogens with one attached hydrogen (secondary N) is 2. The molecule has 1 heterocycles. The molecule has 2 rings (SSSR count). The van der Waals surface area contributed by atoms with E-state index >= 15 is 0 Å². The monoisotopic (exact) mass is 298 g/mol. The summed E-state index contributed by atoms with van der Waals surface area (Å²) >= 11 is 0. The molecular formula is C16H18N4O2. The lowest BCUT2D eigenvalue weighted by Gasteiger charge is -2.09. The lowest BCUT2D eigenvalue weighted by Crippen LogP contribution is -2.41. The van der Waals surface area contributed by atoms with Gasteiger partial charge in [0, 0.05) is 11.8 Å². The number of pyridine rings is 1. The molecule has 1 aromatic heterocycles. The minimum atomic E-state index is -0.516. The maximum absolute atomic E-state index is 12.0. The number of nitrogens with zero attached hydrogens (tertiary/aromatic N) is 1. The van der Waals surface area contributed by atoms with Crippen LogP contribution in [0.15, 0.2) is 42.6 Å². The maximum atomic E-state index is 12.0. The Balaban J connectivity index is 1.98. The van der Waals surface area contributed by atoms with Gasteiger partial charge in [0.05, 0.1) is 5.56 Å². The zero-order valence-corrected chi connectivity index (χ0v) is 12.5. The summed E-state index contributed by atoms with van der Waals surface area (Å²) in [5.41, 5.74) is 12.1. The van der Waals surface area contributed by atoms with Crippen LogP contribution in [-0.2, 0) is 0 Å². The van der Waals surface area contributed by atoms with Gasteiger partial charge in [-0.2, -0.15) is 0 Å². The Hall–Kier alpha value is -2.89. The minimum Gasteiger partial charge on any atom is -0.383 e. The van der Waals surface area contributed by atoms with Crippen LogP contribution in [0.3, 0.4) is 0 Å². The van der Waals surface area contributed by atoms with Gasteiger partial charge in [-0.25, -0.2) is 4.98 Å². The van der Waals surface area contributed by atoms with E-state index in [-0.39, 0.29) is 11.4 Å². The van der Waals surface area contributed by atoms with E-state index in [0.29, 0.717) is 11.5 Å². The third-order valence-corrected chi connectivity index (χ3v) is 3.21. The van der Waals surface area contributed by atoms with E-state index in [1.807, 2.05) is 12.1 Å². The average molecular weight is 298 g/mol. The number of nitrogens with two attached hydrogens (primary N) is 1. The Morgan fingerprint density at radius 1 is 1.05 bits per heavy atom. The second-order valence-electron chi connectivity index (χ2n) is 5.12. The van der Waals surface area contributed by atoms with Gasteiger partial charge in [-0.15, -0.1) is 0 Å². The molecule has 2 aromatic rings. The number of hydrogen-bond donors (Lipinski definition) is 3. The Bertz CT molecular complexity index is 681. The topological polar surface area (TPSA) is 97.1 Å². The largest absolute Gasteiger partial charge is 0.383 e. The van der Waals surface area contributed by atoms with Crippen molar-refractivity contribution in [3.63, 3.8) is 0 Å². The summed E-state index contributed by atoms with van der Waals surface area (Å²) in [4.78, 5) is 27.7. The molecule has 0 atom stereocenters. The number of anilines is 1. The van der Waals surface area contributed by atoms with E-state index in [4.69, 9.17) is 5.73 Å². The third-order valence-electron chi connectivity index (χ3n) is 3.21. The highest BCUT2D eigenvalue weighted by Gasteiger charge is 2.12. The van der Waals surface area contributed by atoms with Crippen LogP contribution in [0.2, 0.25) is 0 Å². The molecule has 114 valence electrons. The van der Waals surface area contributed by atoms with Gasteiger partial charge in [0.15, 0.2) is 0 Å². The van der Waals surface area contributed by atoms with Gasteiger partial charge in [0.1, 0.15) is 5.82 Å². The van der Waals surface area contributed by atoms with Crippen LogP contribution in [0.4, 0.5) is 5.82 Å². The molecule has 4 N–H and O–H groups in total. The number of carbonyl (C=O) groups is 2. The van der Waals surface area contributed by atoms with Crippen molar-refractivity contribution < 1.29 is 9.59 Å². The van der Waals surface area contributed by atoms with Crippen molar-refractivity contribution in [2.24, 2.45) is 0 Å². The second-order valence-corrected chi connectivity index (χ2v) is 5.12. The Labute approximate surface area is 128 Å². The normalized spacial score (nSPS) is 10.3. The van der Waals surface area contributed by atoms with Crippen LogP contribution in [0.5, 0.6) is 0 Å². The molecule has 0 unspecified atom stereocenters. The fraction of sp³-hybridized carbons (Fsp3) is 0.188. The fourth-order valence-corrected chi connectivity index (χ4v) is 1.88. The van der Waals surface area contributed by atoms with E-state index in [1.54, 1.807) is 18.2 Å². The summed E-state index contributed by atoms with van der Waals surface area (Å²) in [5, 5.41) is 0. The summed E-state index contributed by atoms with van der Waals surface area (Å²) in [7, 11) is 0. The van der Waals surface area contributed by atoms with E-state index in [2.05, 4.69) is 29.7 Å². The van der Waals surface area contributed by atoms with E-state index in [0.717, 1.165) is 5.56 Å². The molecule has 0 aliphatic rings. The Kier molecular flexibility index (Phi) is 4.73. The van der Waals surface area contributed by atoms with Gasteiger partial charge >= 0.3 is 0 Å². The fourth-order valence-electron chi connectivity index (χ4n) is 1.88. The van der Waals surface area contributed by atoms with Crippen molar-refractivity contribution in [3.05, 3.63) is 59.3 Å². The molecule has 6 heteroatoms. The summed E-state index contributed by atoms with van der Waals surface area (Å²) in [6.07, 6.45) is 1.49. The highest BCUT2D eigenvalue weighted by Crippen LogP contribution is 2.14. The van der Waals surface area contributed by atoms with E-state index < -0.39 is 11.8 Å². The third kappa shape index (κ3) is 3.60. The summed E-state index contributed by atoms with van der Waals surface area (Å²) in [5.74, 6) is -0.412. The quantitative estimate of drug-likeness (QED) is 0.753. The van der Waals surface area contributed by atoms with Crippen molar-refractivity contribution in [2.75, 3.05) is 5.73 Å². The van der Waals surface area contributed by atoms with Crippen LogP contribution in [0, 0.1) is 0 Å². The lowest BCUT2D eigenvalue weighted by molar-refractivity contribution is 0.0847. The zero-order chi connectivity index (χ0) is 16.1. The molecule has 0 saturated carbocycles. The number of hydrazine groups is 1. The molecule has 22 heavy (non-hydrogen) atoms. The Morgan fingerprint density at radius 3 is 2.27 bits per heavy atom. The molecule has 0 saturated heterocycles. The molecule has 0 aliphatic heterocycles. The van der Waals surface area contributed by atoms with Crippen LogP contribution in [0.25, 0.3) is 0 Å². The smallest absolute Gasteiger partial charge is 0.273 e. The number of carbonyl (C=O) groups excluding carboxylic acids is 2. The summed E-state index contributed by atoms with van der Waals surface area (Å²) in [6, 6.07) is 10.3. The highest BCUT2D eigenvalue weighted by molar-refractivity contribution is 6.01. The van der Waals surface area contributed by atoms with Crippen molar-refractivity contribution >= 4 is 17.6 Å². The number of benzene rings is 1. The molecule has 0 fully saturated rings. The van der Waals surface area contributed by atoms with Crippen LogP contribution in [0.1, 0.15) is 46.0 Å². The molecule has 2 amide bonds. The second kappa shape index (κ2) is 6.71. The van der Waals surface area contributed by atoms with Gasteiger partial charge in [-0.05, 0) is 35.7 Å². The van der Waals surface area contributed by atoms with Crippen LogP contribution < -0.4 is 16.6 Å². The number of hydrogen-bond acceptors (Lipinski definition) is 4. The Morgan fingerprint density at radius 2 is 1.68 bits per heavy atom. The molecule has 0 bridgehead atoms. The first-order valence-corrected chi connectivity index (χ1v) is 6.90. The molecule has 1 aromatic carbocycles. The van der Waals surface area contributed by atoms with E-state index in [1.165, 1.54) is 12.3 Å². The SMILES string of the molecule is CC(C)c1ccc(C(=O)NNC(=O)c2cccnc2N)cc1. The molecule has 0 spiro atoms. The molecule has 0 aliphatic carbocycles. The summed E-state index contributed by atoms with van der Waals surface area (Å²) < 4.78 is 0. The number of rotatable bonds is 3. The molecule has 0 radical (unpaired) electrons. The van der Waals surface area contributed by atoms with Gasteiger partial charge in [-0.1, -0.05) is 26.0 Å². The molecular weight excluding hydrogens is 280 g/mol. The number of aromatic nitrogens is 1. The predicted molar refractivity (Wildman–Crippen MR) is 84.1 cm³/mol. The van der Waals surface area contributed by atoms with Crippen molar-refractivity contribution in [1.29, 1.82) is 0 Å². The minimum absolute atomic E-state index is 0.107. The lowest BCUT2D eigenvalue weighted by atomic mass is 10.0. The first-order chi connectivity index (χ1) is 10.5. The predicted octanol–water partition coefficient (Wildman–Crippen LogP) is 1.86. The van der Waals surface area contributed by atoms with Crippen molar-refractivity contribution in [3.8, 4) is 0 Å². The standard InChI is InChI=1S/C16H18N4O2/c1-10(2)11-5-7-12(8-6-11)15(21)19-20-16(22)13-4-3-9-18-14(13)17/h3-10H,1-2H3,(H2,17,18)(H,19,21)(H,20,22). The van der Waals surface area contributed by atoms with E-state index in [9.17, 15) is 9.59 Å². The number of nitrogen functional groups attached to an aromatic ring is 1. The highest BCUT2D eigenvalue weighted by atomic mass is 16.2. The van der Waals surface area contributed by atoms with Gasteiger partial charge in [0.2, 0.25) is 0 Å². The number of amides is 2. The maximum Gasteiger partial charge on any atom is 0.273 e. The van der Waals surface area contributed by atoms with Crippen molar-refractivity contribution in [1.82, 2.24) is 15.8 Å². The average Bonchev–Trinajstić information content (AvgIpc) is 2.52. The van der Waals surface area contributed by atoms with Gasteiger partial charge in [-0.3, -0.25) is 20.4 Å². The van der Waals surface area contributed by atoms with Gasteiger partial charge in [0.25, 0.3) is 11.8 Å². The molecule has 6 nitrogen and oxygen atoms in total. The zero-order valence-electron chi connectivity index (χ0n) is 12.5.